The Labute approximate surface area is 194 Å². The van der Waals surface area contributed by atoms with Crippen LogP contribution in [0.2, 0.25) is 18.6 Å². The van der Waals surface area contributed by atoms with E-state index in [4.69, 9.17) is 4.98 Å². The second kappa shape index (κ2) is 10.5. The molecule has 4 rings (SSSR count). The van der Waals surface area contributed by atoms with Crippen LogP contribution in [-0.4, -0.2) is 13.5 Å². The molecule has 2 aliphatic rings. The van der Waals surface area contributed by atoms with Crippen LogP contribution in [0.25, 0.3) is 4.98 Å². The standard InChI is InChI=1S/C21H26NSSi.3CH3.Ti/c1-14-15(2)21(24(3,4)22-16-10-6-5-7-11-16)20-19(14)17-12-8-9-13-18(17)23-20;;;;/h5-15,19-21H,1-4H3;3*1H3;/q4*-1;+4. The van der Waals surface area contributed by atoms with Crippen molar-refractivity contribution in [3.8, 4) is 0 Å². The summed E-state index contributed by atoms with van der Waals surface area (Å²) < 4.78 is 0. The van der Waals surface area contributed by atoms with Gasteiger partial charge in [-0.3, -0.25) is 0 Å². The summed E-state index contributed by atoms with van der Waals surface area (Å²) in [5.74, 6) is 2.20. The zero-order valence-electron chi connectivity index (χ0n) is 18.4. The van der Waals surface area contributed by atoms with Crippen molar-refractivity contribution in [1.82, 2.24) is 0 Å². The topological polar surface area (TPSA) is 14.1 Å². The fraction of sp³-hybridized carbons (Fsp3) is 0.375. The summed E-state index contributed by atoms with van der Waals surface area (Å²) in [7, 11) is -1.74. The van der Waals surface area contributed by atoms with E-state index in [1.165, 1.54) is 4.90 Å². The molecule has 1 saturated carbocycles. The van der Waals surface area contributed by atoms with Crippen molar-refractivity contribution in [3.63, 3.8) is 0 Å². The predicted octanol–water partition coefficient (Wildman–Crippen LogP) is 8.16. The van der Waals surface area contributed by atoms with E-state index in [2.05, 4.69) is 93.3 Å². The van der Waals surface area contributed by atoms with Crippen molar-refractivity contribution < 1.29 is 21.7 Å². The molecule has 0 amide bonds. The molecule has 2 aromatic rings. The van der Waals surface area contributed by atoms with Crippen LogP contribution >= 0.6 is 11.8 Å². The van der Waals surface area contributed by atoms with Crippen molar-refractivity contribution in [3.05, 3.63) is 87.4 Å². The number of fused-ring (bicyclic) bond motifs is 3. The molecule has 0 radical (unpaired) electrons. The molecular formula is C24H35NSSiTi. The summed E-state index contributed by atoms with van der Waals surface area (Å²) in [5.41, 5.74) is 3.49. The van der Waals surface area contributed by atoms with Crippen molar-refractivity contribution in [2.24, 2.45) is 11.8 Å². The summed E-state index contributed by atoms with van der Waals surface area (Å²) >= 11 is 2.13. The van der Waals surface area contributed by atoms with E-state index in [-0.39, 0.29) is 44.0 Å². The van der Waals surface area contributed by atoms with Crippen molar-refractivity contribution >= 4 is 25.7 Å². The molecule has 0 spiro atoms. The van der Waals surface area contributed by atoms with Crippen LogP contribution in [0.15, 0.2) is 59.5 Å². The molecule has 5 atom stereocenters. The first-order valence-electron chi connectivity index (χ1n) is 9.02. The number of thioether (sulfide) groups is 1. The third-order valence-electron chi connectivity index (χ3n) is 6.20. The Morgan fingerprint density at radius 1 is 0.821 bits per heavy atom. The zero-order chi connectivity index (χ0) is 16.9. The maximum atomic E-state index is 5.31. The average Bonchev–Trinajstić information content (AvgIpc) is 3.03. The number of nitrogens with zero attached hydrogens (tertiary/aromatic N) is 1. The molecule has 4 heteroatoms. The minimum atomic E-state index is -1.74. The largest absolute Gasteiger partial charge is 4.00 e. The van der Waals surface area contributed by atoms with Gasteiger partial charge in [-0.25, -0.2) is 0 Å². The first-order valence-corrected chi connectivity index (χ1v) is 12.9. The van der Waals surface area contributed by atoms with Gasteiger partial charge in [-0.05, 0) is 43.2 Å². The molecule has 5 unspecified atom stereocenters. The monoisotopic (exact) mass is 445 g/mol. The van der Waals surface area contributed by atoms with Crippen molar-refractivity contribution in [2.45, 2.75) is 48.5 Å². The van der Waals surface area contributed by atoms with Gasteiger partial charge in [0.2, 0.25) is 0 Å². The Balaban J connectivity index is 0.00000182. The van der Waals surface area contributed by atoms with Gasteiger partial charge >= 0.3 is 21.7 Å². The number of rotatable bonds is 3. The fourth-order valence-corrected chi connectivity index (χ4v) is 11.5. The van der Waals surface area contributed by atoms with Gasteiger partial charge in [-0.2, -0.15) is 0 Å². The van der Waals surface area contributed by atoms with Crippen LogP contribution in [0, 0.1) is 34.1 Å². The van der Waals surface area contributed by atoms with Gasteiger partial charge in [0.25, 0.3) is 0 Å². The smallest absolute Gasteiger partial charge is 0.687 e. The van der Waals surface area contributed by atoms with E-state index in [0.29, 0.717) is 11.2 Å². The Kier molecular flexibility index (Phi) is 10.3. The second-order valence-corrected chi connectivity index (χ2v) is 13.4. The van der Waals surface area contributed by atoms with Gasteiger partial charge in [-0.15, -0.1) is 17.4 Å². The van der Waals surface area contributed by atoms with Crippen LogP contribution in [-0.2, 0) is 21.7 Å². The van der Waals surface area contributed by atoms with Gasteiger partial charge in [0.1, 0.15) is 0 Å². The maximum absolute atomic E-state index is 5.31. The Morgan fingerprint density at radius 2 is 1.39 bits per heavy atom. The Bertz CT molecular complexity index is 736. The molecule has 150 valence electrons. The molecule has 1 fully saturated rings. The third-order valence-corrected chi connectivity index (χ3v) is 11.3. The number of hydrogen-bond acceptors (Lipinski definition) is 1. The van der Waals surface area contributed by atoms with Gasteiger partial charge in [0.15, 0.2) is 0 Å². The Hall–Kier alpha value is -0.479. The van der Waals surface area contributed by atoms with E-state index in [9.17, 15) is 0 Å². The van der Waals surface area contributed by atoms with E-state index < -0.39 is 8.24 Å². The molecule has 0 bridgehead atoms. The normalized spacial score (nSPS) is 27.1. The molecular weight excluding hydrogens is 410 g/mol. The molecule has 1 aliphatic heterocycles. The van der Waals surface area contributed by atoms with E-state index in [0.717, 1.165) is 23.1 Å². The summed E-state index contributed by atoms with van der Waals surface area (Å²) in [6, 6.07) is 19.7. The number of benzene rings is 2. The quantitative estimate of drug-likeness (QED) is 0.343. The van der Waals surface area contributed by atoms with Gasteiger partial charge < -0.3 is 27.3 Å². The summed E-state index contributed by atoms with van der Waals surface area (Å²) in [5, 5.41) is 0.710. The van der Waals surface area contributed by atoms with Gasteiger partial charge in [0, 0.05) is 10.1 Å². The minimum absolute atomic E-state index is 0. The third kappa shape index (κ3) is 4.64. The molecule has 1 heterocycles. The number of hydrogen-bond donors (Lipinski definition) is 0. The van der Waals surface area contributed by atoms with E-state index in [1.807, 2.05) is 0 Å². The maximum Gasteiger partial charge on any atom is 4.00 e. The SMILES string of the molecule is CC1C(C)C([Si](C)(C)[N-]c2ccccc2)C2Sc3ccccc3C12.[CH3-].[CH3-].[CH3-].[Ti+4]. The molecule has 1 nitrogen and oxygen atoms in total. The predicted molar refractivity (Wildman–Crippen MR) is 127 cm³/mol. The summed E-state index contributed by atoms with van der Waals surface area (Å²) in [6.07, 6.45) is 0. The molecule has 0 aromatic heterocycles. The summed E-state index contributed by atoms with van der Waals surface area (Å²) in [6.45, 7) is 9.89. The zero-order valence-corrected chi connectivity index (χ0v) is 21.8. The van der Waals surface area contributed by atoms with Crippen molar-refractivity contribution in [2.75, 3.05) is 0 Å². The van der Waals surface area contributed by atoms with Crippen LogP contribution in [0.4, 0.5) is 5.69 Å². The average molecular weight is 446 g/mol. The van der Waals surface area contributed by atoms with Crippen LogP contribution in [0.5, 0.6) is 0 Å². The van der Waals surface area contributed by atoms with Crippen LogP contribution in [0.3, 0.4) is 0 Å². The van der Waals surface area contributed by atoms with E-state index in [1.54, 1.807) is 5.56 Å². The van der Waals surface area contributed by atoms with Crippen molar-refractivity contribution in [1.29, 1.82) is 0 Å². The summed E-state index contributed by atoms with van der Waals surface area (Å²) in [4.78, 5) is 6.82. The van der Waals surface area contributed by atoms with Crippen LogP contribution < -0.4 is 0 Å². The fourth-order valence-electron chi connectivity index (χ4n) is 5.05. The molecule has 1 aliphatic carbocycles. The molecule has 28 heavy (non-hydrogen) atoms. The van der Waals surface area contributed by atoms with Gasteiger partial charge in [-0.1, -0.05) is 75.5 Å². The molecule has 2 aromatic carbocycles. The minimum Gasteiger partial charge on any atom is -0.687 e. The van der Waals surface area contributed by atoms with Gasteiger partial charge in [0.05, 0.1) is 0 Å². The first kappa shape index (κ1) is 27.5. The second-order valence-electron chi connectivity index (χ2n) is 7.99. The first-order chi connectivity index (χ1) is 11.5. The molecule has 0 N–H and O–H groups in total. The Morgan fingerprint density at radius 3 is 2.04 bits per heavy atom. The van der Waals surface area contributed by atoms with Crippen LogP contribution in [0.1, 0.15) is 25.3 Å². The van der Waals surface area contributed by atoms with E-state index >= 15 is 0 Å². The molecule has 0 saturated heterocycles.